The Labute approximate surface area is 121 Å². The first-order valence-corrected chi connectivity index (χ1v) is 8.01. The molecule has 0 aliphatic heterocycles. The highest BCUT2D eigenvalue weighted by molar-refractivity contribution is 8.14. The summed E-state index contributed by atoms with van der Waals surface area (Å²) in [5.74, 6) is 3.46. The molecule has 0 heterocycles. The van der Waals surface area contributed by atoms with Crippen LogP contribution in [0.25, 0.3) is 0 Å². The van der Waals surface area contributed by atoms with Crippen molar-refractivity contribution in [1.82, 2.24) is 0 Å². The van der Waals surface area contributed by atoms with Gasteiger partial charge in [0.2, 0.25) is 5.12 Å². The molecular weight excluding hydrogens is 252 g/mol. The Morgan fingerprint density at radius 1 is 1.16 bits per heavy atom. The molecule has 0 aliphatic rings. The number of carbonyl (C=O) groups is 1. The molecule has 0 saturated carbocycles. The Balaban J connectivity index is 2.26. The van der Waals surface area contributed by atoms with E-state index in [4.69, 9.17) is 6.42 Å². The van der Waals surface area contributed by atoms with Crippen LogP contribution >= 0.6 is 11.8 Å². The van der Waals surface area contributed by atoms with E-state index in [2.05, 4.69) is 12.8 Å². The summed E-state index contributed by atoms with van der Waals surface area (Å²) in [6, 6.07) is 7.36. The minimum Gasteiger partial charge on any atom is -0.282 e. The van der Waals surface area contributed by atoms with Crippen molar-refractivity contribution in [2.24, 2.45) is 0 Å². The fraction of sp³-hybridized carbons (Fsp3) is 0.471. The Morgan fingerprint density at radius 2 is 1.84 bits per heavy atom. The van der Waals surface area contributed by atoms with E-state index in [9.17, 15) is 4.79 Å². The first-order valence-electron chi connectivity index (χ1n) is 7.02. The van der Waals surface area contributed by atoms with Gasteiger partial charge in [-0.1, -0.05) is 68.8 Å². The highest BCUT2D eigenvalue weighted by atomic mass is 32.2. The topological polar surface area (TPSA) is 17.1 Å². The molecule has 0 radical (unpaired) electrons. The van der Waals surface area contributed by atoms with Crippen molar-refractivity contribution in [1.29, 1.82) is 0 Å². The summed E-state index contributed by atoms with van der Waals surface area (Å²) in [5, 5.41) is 0.0992. The van der Waals surface area contributed by atoms with Crippen molar-refractivity contribution in [3.63, 3.8) is 0 Å². The minimum atomic E-state index is 0.0992. The van der Waals surface area contributed by atoms with Crippen LogP contribution < -0.4 is 0 Å². The smallest absolute Gasteiger partial charge is 0.220 e. The van der Waals surface area contributed by atoms with Gasteiger partial charge >= 0.3 is 0 Å². The number of carbonyl (C=O) groups excluding carboxylic acids is 1. The zero-order valence-electron chi connectivity index (χ0n) is 11.7. The van der Waals surface area contributed by atoms with Gasteiger partial charge < -0.3 is 0 Å². The molecule has 0 atom stereocenters. The number of thioether (sulfide) groups is 1. The van der Waals surface area contributed by atoms with Crippen LogP contribution in [0.3, 0.4) is 0 Å². The summed E-state index contributed by atoms with van der Waals surface area (Å²) in [6.45, 7) is 2.22. The second-order valence-electron chi connectivity index (χ2n) is 4.59. The van der Waals surface area contributed by atoms with E-state index in [0.717, 1.165) is 12.2 Å². The van der Waals surface area contributed by atoms with Crippen molar-refractivity contribution in [2.75, 3.05) is 5.75 Å². The molecule has 0 spiro atoms. The lowest BCUT2D eigenvalue weighted by Gasteiger charge is -2.03. The van der Waals surface area contributed by atoms with Gasteiger partial charge in [0.05, 0.1) is 0 Å². The molecule has 19 heavy (non-hydrogen) atoms. The van der Waals surface area contributed by atoms with Gasteiger partial charge in [0.25, 0.3) is 0 Å². The summed E-state index contributed by atoms with van der Waals surface area (Å²) in [4.78, 5) is 12.0. The van der Waals surface area contributed by atoms with Gasteiger partial charge in [-0.2, -0.15) is 0 Å². The van der Waals surface area contributed by atoms with E-state index in [1.807, 2.05) is 24.3 Å². The molecule has 0 aliphatic carbocycles. The molecular formula is C17H22OS. The van der Waals surface area contributed by atoms with Gasteiger partial charge in [-0.3, -0.25) is 4.79 Å². The highest BCUT2D eigenvalue weighted by Crippen LogP contribution is 2.18. The number of unbranched alkanes of at least 4 members (excludes halogenated alkanes) is 5. The van der Waals surface area contributed by atoms with E-state index in [-0.39, 0.29) is 5.12 Å². The molecule has 102 valence electrons. The van der Waals surface area contributed by atoms with Crippen LogP contribution in [0, 0.1) is 12.3 Å². The van der Waals surface area contributed by atoms with E-state index in [1.54, 1.807) is 0 Å². The van der Waals surface area contributed by atoms with Gasteiger partial charge in [0.1, 0.15) is 0 Å². The molecule has 1 aromatic rings. The number of rotatable bonds is 8. The Kier molecular flexibility index (Phi) is 8.09. The van der Waals surface area contributed by atoms with Crippen molar-refractivity contribution in [2.45, 2.75) is 45.4 Å². The zero-order valence-corrected chi connectivity index (χ0v) is 12.5. The van der Waals surface area contributed by atoms with Gasteiger partial charge in [0, 0.05) is 16.9 Å². The molecule has 0 N–H and O–H groups in total. The molecule has 0 aromatic heterocycles. The highest BCUT2D eigenvalue weighted by Gasteiger charge is 2.09. The van der Waals surface area contributed by atoms with Crippen LogP contribution in [0.15, 0.2) is 24.3 Å². The normalized spacial score (nSPS) is 10.1. The fourth-order valence-electron chi connectivity index (χ4n) is 1.91. The number of hydrogen-bond acceptors (Lipinski definition) is 2. The molecule has 0 unspecified atom stereocenters. The Hall–Kier alpha value is -1.20. The quantitative estimate of drug-likeness (QED) is 0.495. The van der Waals surface area contributed by atoms with Crippen LogP contribution in [0.1, 0.15) is 61.4 Å². The number of terminal acetylenes is 1. The molecule has 0 bridgehead atoms. The Bertz CT molecular complexity index is 431. The van der Waals surface area contributed by atoms with Crippen LogP contribution in [0.4, 0.5) is 0 Å². The molecule has 0 saturated heterocycles. The van der Waals surface area contributed by atoms with E-state index < -0.39 is 0 Å². The third kappa shape index (κ3) is 5.98. The van der Waals surface area contributed by atoms with Gasteiger partial charge in [0.15, 0.2) is 0 Å². The summed E-state index contributed by atoms with van der Waals surface area (Å²) < 4.78 is 0. The molecule has 0 fully saturated rings. The van der Waals surface area contributed by atoms with E-state index >= 15 is 0 Å². The van der Waals surface area contributed by atoms with Crippen LogP contribution in [0.2, 0.25) is 0 Å². The Morgan fingerprint density at radius 3 is 2.58 bits per heavy atom. The van der Waals surface area contributed by atoms with Crippen LogP contribution in [-0.4, -0.2) is 10.9 Å². The third-order valence-corrected chi connectivity index (χ3v) is 4.01. The molecule has 1 aromatic carbocycles. The largest absolute Gasteiger partial charge is 0.282 e. The summed E-state index contributed by atoms with van der Waals surface area (Å²) in [6.07, 6.45) is 12.9. The van der Waals surface area contributed by atoms with Crippen molar-refractivity contribution in [3.05, 3.63) is 35.4 Å². The van der Waals surface area contributed by atoms with Gasteiger partial charge in [-0.15, -0.1) is 6.42 Å². The third-order valence-electron chi connectivity index (χ3n) is 3.03. The zero-order chi connectivity index (χ0) is 13.9. The SMILES string of the molecule is C#Cc1ccccc1C(=O)SCCCCCCCC. The van der Waals surface area contributed by atoms with E-state index in [0.29, 0.717) is 11.1 Å². The summed E-state index contributed by atoms with van der Waals surface area (Å²) in [7, 11) is 0. The predicted molar refractivity (Wildman–Crippen MR) is 84.5 cm³/mol. The second kappa shape index (κ2) is 9.69. The molecule has 2 heteroatoms. The van der Waals surface area contributed by atoms with Crippen molar-refractivity contribution >= 4 is 16.9 Å². The first-order chi connectivity index (χ1) is 9.29. The molecule has 0 amide bonds. The van der Waals surface area contributed by atoms with Crippen molar-refractivity contribution < 1.29 is 4.79 Å². The summed E-state index contributed by atoms with van der Waals surface area (Å²) >= 11 is 1.39. The standard InChI is InChI=1S/C17H22OS/c1-3-5-6-7-8-11-14-19-17(18)16-13-10-9-12-15(16)4-2/h2,9-10,12-13H,3,5-8,11,14H2,1H3. The summed E-state index contributed by atoms with van der Waals surface area (Å²) in [5.41, 5.74) is 1.36. The monoisotopic (exact) mass is 274 g/mol. The lowest BCUT2D eigenvalue weighted by atomic mass is 10.1. The van der Waals surface area contributed by atoms with Gasteiger partial charge in [-0.25, -0.2) is 0 Å². The maximum absolute atomic E-state index is 12.0. The predicted octanol–water partition coefficient (Wildman–Crippen LogP) is 4.90. The maximum atomic E-state index is 12.0. The van der Waals surface area contributed by atoms with Gasteiger partial charge in [-0.05, 0) is 18.6 Å². The van der Waals surface area contributed by atoms with E-state index in [1.165, 1.54) is 43.9 Å². The van der Waals surface area contributed by atoms with Crippen LogP contribution in [-0.2, 0) is 0 Å². The lowest BCUT2D eigenvalue weighted by Crippen LogP contribution is -1.98. The molecule has 1 rings (SSSR count). The molecule has 1 nitrogen and oxygen atoms in total. The lowest BCUT2D eigenvalue weighted by molar-refractivity contribution is 0.108. The minimum absolute atomic E-state index is 0.0992. The fourth-order valence-corrected chi connectivity index (χ4v) is 2.78. The number of hydrogen-bond donors (Lipinski definition) is 0. The number of benzene rings is 1. The average Bonchev–Trinajstić information content (AvgIpc) is 2.46. The maximum Gasteiger partial charge on any atom is 0.220 e. The second-order valence-corrected chi connectivity index (χ2v) is 5.66. The average molecular weight is 274 g/mol. The first kappa shape index (κ1) is 15.9. The van der Waals surface area contributed by atoms with Crippen molar-refractivity contribution in [3.8, 4) is 12.3 Å². The van der Waals surface area contributed by atoms with Crippen LogP contribution in [0.5, 0.6) is 0 Å².